The van der Waals surface area contributed by atoms with Gasteiger partial charge in [-0.25, -0.2) is 4.98 Å². The number of pyridine rings is 1. The van der Waals surface area contributed by atoms with Crippen LogP contribution in [0.3, 0.4) is 0 Å². The molecule has 1 amide bonds. The van der Waals surface area contributed by atoms with Crippen LogP contribution in [0, 0.1) is 5.95 Å². The second-order valence-corrected chi connectivity index (χ2v) is 5.21. The molecule has 8 heteroatoms. The molecule has 4 nitrogen and oxygen atoms in total. The van der Waals surface area contributed by atoms with E-state index in [0.717, 1.165) is 0 Å². The first-order valence-corrected chi connectivity index (χ1v) is 6.71. The first-order valence-electron chi connectivity index (χ1n) is 4.14. The zero-order valence-corrected chi connectivity index (χ0v) is 12.2. The smallest absolute Gasteiger partial charge is 0.229 e. The lowest BCUT2D eigenvalue weighted by molar-refractivity contribution is -0.117. The zero-order chi connectivity index (χ0) is 12.1. The molecule has 0 aromatic carbocycles. The maximum absolute atomic E-state index is 13.1. The molecule has 0 radical (unpaired) electrons. The molecule has 0 aliphatic rings. The van der Waals surface area contributed by atoms with Crippen LogP contribution < -0.4 is 10.0 Å². The lowest BCUT2D eigenvalue weighted by Crippen LogP contribution is -2.14. The van der Waals surface area contributed by atoms with Crippen LogP contribution in [-0.2, 0) is 4.79 Å². The van der Waals surface area contributed by atoms with E-state index in [-0.39, 0.29) is 5.91 Å². The van der Waals surface area contributed by atoms with Crippen LogP contribution in [0.5, 0.6) is 0 Å². The highest BCUT2D eigenvalue weighted by atomic mass is 79.9. The van der Waals surface area contributed by atoms with Crippen LogP contribution in [0.2, 0.25) is 0 Å². The Morgan fingerprint density at radius 3 is 2.88 bits per heavy atom. The largest absolute Gasteiger partial charge is 0.358 e. The van der Waals surface area contributed by atoms with Crippen LogP contribution in [-0.4, -0.2) is 16.8 Å². The van der Waals surface area contributed by atoms with E-state index in [1.165, 1.54) is 18.9 Å². The molecule has 2 N–H and O–H groups in total. The van der Waals surface area contributed by atoms with E-state index in [4.69, 9.17) is 0 Å². The third-order valence-electron chi connectivity index (χ3n) is 1.41. The Morgan fingerprint density at radius 1 is 1.56 bits per heavy atom. The number of nitrogens with zero attached hydrogens (tertiary/aromatic N) is 1. The number of amides is 1. The van der Waals surface area contributed by atoms with E-state index in [1.54, 1.807) is 6.07 Å². The van der Waals surface area contributed by atoms with Crippen LogP contribution in [0.1, 0.15) is 6.92 Å². The molecule has 16 heavy (non-hydrogen) atoms. The van der Waals surface area contributed by atoms with Crippen molar-refractivity contribution in [3.63, 3.8) is 0 Å². The Bertz CT molecular complexity index is 405. The van der Waals surface area contributed by atoms with E-state index in [1.807, 2.05) is 0 Å². The summed E-state index contributed by atoms with van der Waals surface area (Å²) in [7, 11) is 0. The topological polar surface area (TPSA) is 54.0 Å². The van der Waals surface area contributed by atoms with E-state index < -0.39 is 5.95 Å². The lowest BCUT2D eigenvalue weighted by Gasteiger charge is -2.07. The first kappa shape index (κ1) is 13.7. The number of carbonyl (C=O) groups excluding carboxylic acids is 1. The van der Waals surface area contributed by atoms with Gasteiger partial charge in [-0.15, -0.1) is 0 Å². The summed E-state index contributed by atoms with van der Waals surface area (Å²) in [4.78, 5) is 14.3. The monoisotopic (exact) mass is 371 g/mol. The van der Waals surface area contributed by atoms with Gasteiger partial charge in [-0.2, -0.15) is 4.39 Å². The highest BCUT2D eigenvalue weighted by Gasteiger charge is 2.07. The summed E-state index contributed by atoms with van der Waals surface area (Å²) in [5, 5.41) is 2.87. The Balaban J connectivity index is 2.54. The van der Waals surface area contributed by atoms with Crippen molar-refractivity contribution in [2.75, 3.05) is 11.2 Å². The molecule has 0 atom stereocenters. The molecule has 0 fully saturated rings. The normalized spacial score (nSPS) is 10.0. The van der Waals surface area contributed by atoms with Crippen molar-refractivity contribution in [2.45, 2.75) is 6.92 Å². The minimum atomic E-state index is -0.588. The van der Waals surface area contributed by atoms with Crippen LogP contribution in [0.4, 0.5) is 10.2 Å². The number of halogens is 3. The summed E-state index contributed by atoms with van der Waals surface area (Å²) in [6.07, 6.45) is 0. The molecule has 88 valence electrons. The Hall–Kier alpha value is -0.340. The number of anilines is 1. The molecule has 0 saturated carbocycles. The molecule has 1 aromatic rings. The predicted molar refractivity (Wildman–Crippen MR) is 69.5 cm³/mol. The highest BCUT2D eigenvalue weighted by molar-refractivity contribution is 9.11. The van der Waals surface area contributed by atoms with Gasteiger partial charge in [0.1, 0.15) is 5.82 Å². The zero-order valence-electron chi connectivity index (χ0n) is 8.18. The van der Waals surface area contributed by atoms with E-state index in [2.05, 4.69) is 46.9 Å². The summed E-state index contributed by atoms with van der Waals surface area (Å²) < 4.78 is 16.6. The number of rotatable bonds is 4. The standard InChI is InChI=1S/C8H8Br2FN3OS/c1-4(15)14-16-3-12-8-6(10)2-5(9)7(11)13-8/h2H,3H2,1H3,(H,12,13)(H,14,15). The third kappa shape index (κ3) is 4.26. The molecule has 1 rings (SSSR count). The van der Waals surface area contributed by atoms with Gasteiger partial charge in [-0.3, -0.25) is 9.52 Å². The Labute approximate surface area is 113 Å². The molecular formula is C8H8Br2FN3OS. The van der Waals surface area contributed by atoms with Crippen molar-refractivity contribution in [3.05, 3.63) is 21.0 Å². The van der Waals surface area contributed by atoms with Gasteiger partial charge >= 0.3 is 0 Å². The maximum Gasteiger partial charge on any atom is 0.229 e. The number of carbonyl (C=O) groups is 1. The fraction of sp³-hybridized carbons (Fsp3) is 0.250. The van der Waals surface area contributed by atoms with Gasteiger partial charge in [0.05, 0.1) is 14.8 Å². The van der Waals surface area contributed by atoms with Crippen molar-refractivity contribution in [1.29, 1.82) is 0 Å². The fourth-order valence-electron chi connectivity index (χ4n) is 0.810. The van der Waals surface area contributed by atoms with Gasteiger partial charge in [0.25, 0.3) is 0 Å². The van der Waals surface area contributed by atoms with Gasteiger partial charge in [0, 0.05) is 6.92 Å². The summed E-state index contributed by atoms with van der Waals surface area (Å²) in [5.74, 6) is 0.0567. The van der Waals surface area contributed by atoms with Gasteiger partial charge in [-0.05, 0) is 49.9 Å². The molecule has 0 saturated heterocycles. The van der Waals surface area contributed by atoms with Crippen molar-refractivity contribution in [2.24, 2.45) is 0 Å². The molecule has 1 heterocycles. The average molecular weight is 373 g/mol. The molecule has 1 aromatic heterocycles. The van der Waals surface area contributed by atoms with Gasteiger partial charge in [0.2, 0.25) is 11.9 Å². The summed E-state index contributed by atoms with van der Waals surface area (Å²) in [6.45, 7) is 1.42. The molecular weight excluding hydrogens is 365 g/mol. The van der Waals surface area contributed by atoms with E-state index in [9.17, 15) is 9.18 Å². The van der Waals surface area contributed by atoms with Gasteiger partial charge in [0.15, 0.2) is 0 Å². The van der Waals surface area contributed by atoms with Gasteiger partial charge < -0.3 is 5.32 Å². The molecule has 0 spiro atoms. The maximum atomic E-state index is 13.1. The Morgan fingerprint density at radius 2 is 2.25 bits per heavy atom. The second kappa shape index (κ2) is 6.41. The molecule has 0 bridgehead atoms. The first-order chi connectivity index (χ1) is 7.50. The van der Waals surface area contributed by atoms with Crippen molar-refractivity contribution in [1.82, 2.24) is 9.71 Å². The third-order valence-corrected chi connectivity index (χ3v) is 3.30. The number of hydrogen-bond donors (Lipinski definition) is 2. The number of nitrogens with one attached hydrogen (secondary N) is 2. The van der Waals surface area contributed by atoms with E-state index in [0.29, 0.717) is 20.6 Å². The second-order valence-electron chi connectivity index (χ2n) is 2.72. The van der Waals surface area contributed by atoms with Crippen LogP contribution in [0.25, 0.3) is 0 Å². The summed E-state index contributed by atoms with van der Waals surface area (Å²) in [6, 6.07) is 1.56. The van der Waals surface area contributed by atoms with Crippen LogP contribution >= 0.6 is 43.8 Å². The van der Waals surface area contributed by atoms with Crippen molar-refractivity contribution < 1.29 is 9.18 Å². The highest BCUT2D eigenvalue weighted by Crippen LogP contribution is 2.26. The summed E-state index contributed by atoms with van der Waals surface area (Å²) >= 11 is 7.44. The van der Waals surface area contributed by atoms with Crippen molar-refractivity contribution in [3.8, 4) is 0 Å². The van der Waals surface area contributed by atoms with E-state index >= 15 is 0 Å². The predicted octanol–water partition coefficient (Wildman–Crippen LogP) is 2.90. The minimum Gasteiger partial charge on any atom is -0.358 e. The molecule has 0 aliphatic heterocycles. The Kier molecular flexibility index (Phi) is 5.50. The SMILES string of the molecule is CC(=O)NSCNc1nc(F)c(Br)cc1Br. The molecule has 0 aliphatic carbocycles. The molecule has 0 unspecified atom stereocenters. The van der Waals surface area contributed by atoms with Gasteiger partial charge in [-0.1, -0.05) is 0 Å². The quantitative estimate of drug-likeness (QED) is 0.369. The average Bonchev–Trinajstić information content (AvgIpc) is 2.19. The summed E-state index contributed by atoms with van der Waals surface area (Å²) in [5.41, 5.74) is 0. The van der Waals surface area contributed by atoms with Crippen LogP contribution in [0.15, 0.2) is 15.0 Å². The van der Waals surface area contributed by atoms with Crippen molar-refractivity contribution >= 4 is 55.5 Å². The fourth-order valence-corrected chi connectivity index (χ4v) is 2.38. The lowest BCUT2D eigenvalue weighted by atomic mass is 10.4. The minimum absolute atomic E-state index is 0.138. The number of hydrogen-bond acceptors (Lipinski definition) is 4. The number of aromatic nitrogens is 1.